The van der Waals surface area contributed by atoms with E-state index in [0.29, 0.717) is 0 Å². The molecule has 7 heteroatoms. The van der Waals surface area contributed by atoms with Gasteiger partial charge in [-0.05, 0) is 12.1 Å². The standard InChI is InChI=1S/C8H6O4.C2H6O2.Na.H/c9-7(10)5-3-1-2-4-6(5)8(11)12;3-1-2-4;;/h1-4H,(H,9,10)(H,11,12);3-4H,1-2H2;;/q;;+1;-1. The molecule has 1 aromatic rings. The molecule has 0 fully saturated rings. The number of hydrogen-bond acceptors (Lipinski definition) is 4. The number of aromatic carboxylic acids is 2. The molecule has 1 aromatic carbocycles. The van der Waals surface area contributed by atoms with Gasteiger partial charge in [0.15, 0.2) is 0 Å². The minimum Gasteiger partial charge on any atom is -1.00 e. The van der Waals surface area contributed by atoms with E-state index in [-0.39, 0.29) is 55.3 Å². The maximum absolute atomic E-state index is 10.5. The van der Waals surface area contributed by atoms with E-state index in [1.807, 2.05) is 0 Å². The van der Waals surface area contributed by atoms with Crippen LogP contribution in [-0.2, 0) is 0 Å². The maximum atomic E-state index is 10.5. The Morgan fingerprint density at radius 1 is 0.941 bits per heavy atom. The number of benzene rings is 1. The summed E-state index contributed by atoms with van der Waals surface area (Å²) in [5, 5.41) is 32.4. The third kappa shape index (κ3) is 7.09. The van der Waals surface area contributed by atoms with Gasteiger partial charge in [0, 0.05) is 0 Å². The van der Waals surface area contributed by atoms with E-state index in [1.54, 1.807) is 0 Å². The molecule has 1 rings (SSSR count). The fourth-order valence-electron chi connectivity index (χ4n) is 0.856. The van der Waals surface area contributed by atoms with E-state index >= 15 is 0 Å². The number of carboxylic acids is 2. The molecule has 0 aromatic heterocycles. The minimum atomic E-state index is -1.23. The summed E-state index contributed by atoms with van der Waals surface area (Å²) in [4.78, 5) is 20.9. The van der Waals surface area contributed by atoms with Gasteiger partial charge in [-0.15, -0.1) is 0 Å². The van der Waals surface area contributed by atoms with Gasteiger partial charge >= 0.3 is 41.5 Å². The Morgan fingerprint density at radius 3 is 1.41 bits per heavy atom. The average molecular weight is 252 g/mol. The van der Waals surface area contributed by atoms with Crippen molar-refractivity contribution in [2.75, 3.05) is 13.2 Å². The largest absolute Gasteiger partial charge is 1.00 e. The van der Waals surface area contributed by atoms with Crippen molar-refractivity contribution < 1.29 is 61.0 Å². The molecule has 17 heavy (non-hydrogen) atoms. The van der Waals surface area contributed by atoms with E-state index in [0.717, 1.165) is 0 Å². The van der Waals surface area contributed by atoms with Crippen molar-refractivity contribution in [2.24, 2.45) is 0 Å². The summed E-state index contributed by atoms with van der Waals surface area (Å²) in [5.74, 6) is -2.46. The van der Waals surface area contributed by atoms with Crippen LogP contribution in [0.1, 0.15) is 22.1 Å². The van der Waals surface area contributed by atoms with Crippen LogP contribution in [0.5, 0.6) is 0 Å². The van der Waals surface area contributed by atoms with Gasteiger partial charge in [-0.1, -0.05) is 12.1 Å². The number of carbonyl (C=O) groups is 2. The van der Waals surface area contributed by atoms with E-state index in [1.165, 1.54) is 24.3 Å². The summed E-state index contributed by atoms with van der Waals surface area (Å²) >= 11 is 0. The third-order valence-electron chi connectivity index (χ3n) is 1.49. The molecule has 0 bridgehead atoms. The van der Waals surface area contributed by atoms with Crippen molar-refractivity contribution in [1.82, 2.24) is 0 Å². The first-order valence-electron chi connectivity index (χ1n) is 4.32. The molecule has 0 amide bonds. The predicted molar refractivity (Wildman–Crippen MR) is 55.6 cm³/mol. The van der Waals surface area contributed by atoms with Gasteiger partial charge < -0.3 is 21.9 Å². The van der Waals surface area contributed by atoms with Crippen LogP contribution in [0.3, 0.4) is 0 Å². The molecule has 0 unspecified atom stereocenters. The zero-order valence-electron chi connectivity index (χ0n) is 10.3. The van der Waals surface area contributed by atoms with Gasteiger partial charge in [0.1, 0.15) is 0 Å². The topological polar surface area (TPSA) is 115 Å². The molecule has 0 aliphatic heterocycles. The minimum absolute atomic E-state index is 0. The summed E-state index contributed by atoms with van der Waals surface area (Å²) in [6.45, 7) is -0.250. The summed E-state index contributed by atoms with van der Waals surface area (Å²) in [6, 6.07) is 5.48. The Labute approximate surface area is 121 Å². The van der Waals surface area contributed by atoms with Crippen molar-refractivity contribution >= 4 is 11.9 Å². The van der Waals surface area contributed by atoms with Crippen LogP contribution >= 0.6 is 0 Å². The Hall–Kier alpha value is -0.920. The average Bonchev–Trinajstić information content (AvgIpc) is 2.29. The first kappa shape index (κ1) is 18.4. The van der Waals surface area contributed by atoms with Crippen LogP contribution < -0.4 is 29.6 Å². The van der Waals surface area contributed by atoms with Crippen LogP contribution in [-0.4, -0.2) is 45.6 Å². The van der Waals surface area contributed by atoms with E-state index < -0.39 is 11.9 Å². The van der Waals surface area contributed by atoms with Crippen molar-refractivity contribution in [3.63, 3.8) is 0 Å². The first-order chi connectivity index (χ1) is 7.54. The Bertz CT molecular complexity index is 336. The van der Waals surface area contributed by atoms with Crippen LogP contribution in [0, 0.1) is 0 Å². The monoisotopic (exact) mass is 252 g/mol. The molecule has 0 aliphatic rings. The second kappa shape index (κ2) is 10.2. The van der Waals surface area contributed by atoms with Crippen LogP contribution in [0.4, 0.5) is 0 Å². The zero-order valence-corrected chi connectivity index (χ0v) is 11.3. The van der Waals surface area contributed by atoms with Gasteiger partial charge in [-0.25, -0.2) is 9.59 Å². The van der Waals surface area contributed by atoms with Gasteiger partial charge in [-0.2, -0.15) is 0 Å². The number of hydrogen-bond donors (Lipinski definition) is 4. The third-order valence-corrected chi connectivity index (χ3v) is 1.49. The molecule has 0 spiro atoms. The van der Waals surface area contributed by atoms with Crippen LogP contribution in [0.2, 0.25) is 0 Å². The number of aliphatic hydroxyl groups is 2. The Kier molecular flexibility index (Phi) is 11.1. The first-order valence-corrected chi connectivity index (χ1v) is 4.32. The van der Waals surface area contributed by atoms with Gasteiger partial charge in [0.2, 0.25) is 0 Å². The molecular formula is C10H13NaO6. The van der Waals surface area contributed by atoms with E-state index in [2.05, 4.69) is 0 Å². The zero-order chi connectivity index (χ0) is 12.6. The summed E-state index contributed by atoms with van der Waals surface area (Å²) < 4.78 is 0. The molecule has 0 saturated carbocycles. The molecule has 0 aliphatic carbocycles. The molecule has 0 heterocycles. The summed E-state index contributed by atoms with van der Waals surface area (Å²) in [7, 11) is 0. The molecule has 4 N–H and O–H groups in total. The fourth-order valence-corrected chi connectivity index (χ4v) is 0.856. The van der Waals surface area contributed by atoms with Crippen molar-refractivity contribution in [2.45, 2.75) is 0 Å². The predicted octanol–water partition coefficient (Wildman–Crippen LogP) is -2.83. The second-order valence-corrected chi connectivity index (χ2v) is 2.60. The van der Waals surface area contributed by atoms with Crippen LogP contribution in [0.15, 0.2) is 24.3 Å². The smallest absolute Gasteiger partial charge is 1.00 e. The van der Waals surface area contributed by atoms with Crippen LogP contribution in [0.25, 0.3) is 0 Å². The summed E-state index contributed by atoms with van der Waals surface area (Å²) in [6.07, 6.45) is 0. The molecule has 90 valence electrons. The maximum Gasteiger partial charge on any atom is 1.00 e. The van der Waals surface area contributed by atoms with Crippen molar-refractivity contribution in [3.8, 4) is 0 Å². The SMILES string of the molecule is O=C(O)c1ccccc1C(=O)O.OCCO.[H-].[Na+]. The van der Waals surface area contributed by atoms with Gasteiger partial charge in [0.05, 0.1) is 24.3 Å². The Balaban J connectivity index is -0.000000332. The molecular weight excluding hydrogens is 239 g/mol. The van der Waals surface area contributed by atoms with Gasteiger partial charge in [0.25, 0.3) is 0 Å². The van der Waals surface area contributed by atoms with E-state index in [4.69, 9.17) is 20.4 Å². The quantitative estimate of drug-likeness (QED) is 0.431. The normalized spacial score (nSPS) is 8.35. The fraction of sp³-hybridized carbons (Fsp3) is 0.200. The van der Waals surface area contributed by atoms with E-state index in [9.17, 15) is 9.59 Å². The molecule has 0 atom stereocenters. The second-order valence-electron chi connectivity index (χ2n) is 2.60. The molecule has 0 radical (unpaired) electrons. The number of aliphatic hydroxyl groups excluding tert-OH is 2. The van der Waals surface area contributed by atoms with Crippen molar-refractivity contribution in [3.05, 3.63) is 35.4 Å². The number of carboxylic acid groups (broad SMARTS) is 2. The summed E-state index contributed by atoms with van der Waals surface area (Å²) in [5.41, 5.74) is -0.380. The molecule has 0 saturated heterocycles. The Morgan fingerprint density at radius 2 is 1.24 bits per heavy atom. The number of rotatable bonds is 3. The van der Waals surface area contributed by atoms with Crippen molar-refractivity contribution in [1.29, 1.82) is 0 Å². The van der Waals surface area contributed by atoms with Gasteiger partial charge in [-0.3, -0.25) is 0 Å². The molecule has 6 nitrogen and oxygen atoms in total.